The van der Waals surface area contributed by atoms with Crippen LogP contribution < -0.4 is 5.32 Å². The van der Waals surface area contributed by atoms with E-state index in [-0.39, 0.29) is 31.4 Å². The Hall–Kier alpha value is -1.10. The smallest absolute Gasteiger partial charge is 0.241 e. The number of aliphatic hydroxyl groups is 1. The Morgan fingerprint density at radius 1 is 1.43 bits per heavy atom. The minimum Gasteiger partial charge on any atom is -0.396 e. The number of amides is 2. The summed E-state index contributed by atoms with van der Waals surface area (Å²) in [5, 5.41) is 11.0. The van der Waals surface area contributed by atoms with E-state index in [0.29, 0.717) is 13.0 Å². The Balaban J connectivity index is 3.61. The van der Waals surface area contributed by atoms with E-state index in [1.165, 1.54) is 4.90 Å². The fraction of sp³-hybridized carbons (Fsp3) is 0.778. The van der Waals surface area contributed by atoms with Crippen molar-refractivity contribution in [3.63, 3.8) is 0 Å². The summed E-state index contributed by atoms with van der Waals surface area (Å²) in [6.07, 6.45) is 0.698. The number of rotatable bonds is 6. The third-order valence-electron chi connectivity index (χ3n) is 1.90. The van der Waals surface area contributed by atoms with Gasteiger partial charge in [-0.1, -0.05) is 0 Å². The van der Waals surface area contributed by atoms with Crippen molar-refractivity contribution in [2.75, 3.05) is 26.7 Å². The summed E-state index contributed by atoms with van der Waals surface area (Å²) in [7, 11) is 1.68. The second-order valence-electron chi connectivity index (χ2n) is 3.01. The molecule has 2 amide bonds. The van der Waals surface area contributed by atoms with Crippen LogP contribution in [0.15, 0.2) is 0 Å². The van der Waals surface area contributed by atoms with Gasteiger partial charge in [-0.15, -0.1) is 0 Å². The van der Waals surface area contributed by atoms with E-state index in [1.54, 1.807) is 7.05 Å². The molecule has 0 spiro atoms. The van der Waals surface area contributed by atoms with Crippen molar-refractivity contribution in [3.05, 3.63) is 0 Å². The van der Waals surface area contributed by atoms with Crippen LogP contribution in [0.1, 0.15) is 19.8 Å². The van der Waals surface area contributed by atoms with Gasteiger partial charge in [0.25, 0.3) is 0 Å². The largest absolute Gasteiger partial charge is 0.396 e. The van der Waals surface area contributed by atoms with E-state index in [1.807, 2.05) is 6.92 Å². The summed E-state index contributed by atoms with van der Waals surface area (Å²) < 4.78 is 0. The lowest BCUT2D eigenvalue weighted by Crippen LogP contribution is -2.37. The van der Waals surface area contributed by atoms with Gasteiger partial charge in [-0.25, -0.2) is 0 Å². The SMILES string of the molecule is CCN(C)C(=O)CNC(=O)CCCO. The molecule has 0 heterocycles. The zero-order valence-electron chi connectivity index (χ0n) is 8.75. The van der Waals surface area contributed by atoms with E-state index in [0.717, 1.165) is 0 Å². The van der Waals surface area contributed by atoms with E-state index < -0.39 is 0 Å². The average molecular weight is 202 g/mol. The topological polar surface area (TPSA) is 69.6 Å². The highest BCUT2D eigenvalue weighted by Gasteiger charge is 2.07. The lowest BCUT2D eigenvalue weighted by Gasteiger charge is -2.14. The molecule has 0 aliphatic rings. The molecule has 5 nitrogen and oxygen atoms in total. The molecule has 0 rings (SSSR count). The molecule has 2 N–H and O–H groups in total. The molecular weight excluding hydrogens is 184 g/mol. The van der Waals surface area contributed by atoms with Gasteiger partial charge in [0, 0.05) is 26.6 Å². The molecule has 0 radical (unpaired) electrons. The number of likely N-dealkylation sites (N-methyl/N-ethyl adjacent to an activating group) is 1. The van der Waals surface area contributed by atoms with Gasteiger partial charge in [0.2, 0.25) is 11.8 Å². The van der Waals surface area contributed by atoms with Crippen LogP contribution in [0.4, 0.5) is 0 Å². The van der Waals surface area contributed by atoms with Crippen molar-refractivity contribution in [1.29, 1.82) is 0 Å². The van der Waals surface area contributed by atoms with E-state index in [9.17, 15) is 9.59 Å². The van der Waals surface area contributed by atoms with E-state index >= 15 is 0 Å². The molecule has 0 saturated carbocycles. The second-order valence-corrected chi connectivity index (χ2v) is 3.01. The Morgan fingerprint density at radius 3 is 2.57 bits per heavy atom. The summed E-state index contributed by atoms with van der Waals surface area (Å²) in [5.41, 5.74) is 0. The van der Waals surface area contributed by atoms with Crippen LogP contribution in [0.5, 0.6) is 0 Å². The molecule has 82 valence electrons. The number of aliphatic hydroxyl groups excluding tert-OH is 1. The predicted molar refractivity (Wildman–Crippen MR) is 52.6 cm³/mol. The first-order chi connectivity index (χ1) is 6.61. The van der Waals surface area contributed by atoms with Gasteiger partial charge in [-0.05, 0) is 13.3 Å². The van der Waals surface area contributed by atoms with Gasteiger partial charge >= 0.3 is 0 Å². The molecule has 0 unspecified atom stereocenters. The molecule has 0 aliphatic carbocycles. The quantitative estimate of drug-likeness (QED) is 0.601. The minimum absolute atomic E-state index is 0.00374. The highest BCUT2D eigenvalue weighted by atomic mass is 16.3. The zero-order chi connectivity index (χ0) is 11.0. The van der Waals surface area contributed by atoms with Crippen molar-refractivity contribution in [3.8, 4) is 0 Å². The van der Waals surface area contributed by atoms with Gasteiger partial charge in [0.15, 0.2) is 0 Å². The summed E-state index contributed by atoms with van der Waals surface area (Å²) in [5.74, 6) is -0.304. The van der Waals surface area contributed by atoms with Crippen LogP contribution in [0, 0.1) is 0 Å². The highest BCUT2D eigenvalue weighted by Crippen LogP contribution is 1.87. The zero-order valence-corrected chi connectivity index (χ0v) is 8.75. The van der Waals surface area contributed by atoms with Crippen LogP contribution in [0.2, 0.25) is 0 Å². The van der Waals surface area contributed by atoms with Gasteiger partial charge in [0.05, 0.1) is 6.54 Å². The van der Waals surface area contributed by atoms with Crippen LogP contribution >= 0.6 is 0 Å². The Kier molecular flexibility index (Phi) is 6.74. The molecule has 0 aromatic carbocycles. The molecule has 0 saturated heterocycles. The van der Waals surface area contributed by atoms with Gasteiger partial charge < -0.3 is 15.3 Å². The van der Waals surface area contributed by atoms with Crippen LogP contribution in [-0.4, -0.2) is 48.6 Å². The monoisotopic (exact) mass is 202 g/mol. The maximum absolute atomic E-state index is 11.2. The standard InChI is InChI=1S/C9H18N2O3/c1-3-11(2)9(14)7-10-8(13)5-4-6-12/h12H,3-7H2,1-2H3,(H,10,13). The van der Waals surface area contributed by atoms with Crippen molar-refractivity contribution >= 4 is 11.8 Å². The molecule has 0 atom stereocenters. The molecule has 5 heteroatoms. The number of carbonyl (C=O) groups excluding carboxylic acids is 2. The fourth-order valence-corrected chi connectivity index (χ4v) is 0.814. The lowest BCUT2D eigenvalue weighted by atomic mass is 10.3. The summed E-state index contributed by atoms with van der Waals surface area (Å²) >= 11 is 0. The van der Waals surface area contributed by atoms with Crippen molar-refractivity contribution < 1.29 is 14.7 Å². The second kappa shape index (κ2) is 7.32. The summed E-state index contributed by atoms with van der Waals surface area (Å²) in [4.78, 5) is 23.8. The predicted octanol–water partition coefficient (Wildman–Crippen LogP) is -0.647. The molecule has 14 heavy (non-hydrogen) atoms. The number of hydrogen-bond donors (Lipinski definition) is 2. The number of carbonyl (C=O) groups is 2. The molecule has 0 bridgehead atoms. The van der Waals surface area contributed by atoms with E-state index in [4.69, 9.17) is 5.11 Å². The third-order valence-corrected chi connectivity index (χ3v) is 1.90. The first-order valence-electron chi connectivity index (χ1n) is 4.73. The normalized spacial score (nSPS) is 9.64. The van der Waals surface area contributed by atoms with E-state index in [2.05, 4.69) is 5.32 Å². The maximum Gasteiger partial charge on any atom is 0.241 e. The number of hydrogen-bond acceptors (Lipinski definition) is 3. The van der Waals surface area contributed by atoms with Crippen molar-refractivity contribution in [2.24, 2.45) is 0 Å². The molecular formula is C9H18N2O3. The van der Waals surface area contributed by atoms with Crippen molar-refractivity contribution in [2.45, 2.75) is 19.8 Å². The van der Waals surface area contributed by atoms with Crippen molar-refractivity contribution in [1.82, 2.24) is 10.2 Å². The Bertz CT molecular complexity index is 194. The van der Waals surface area contributed by atoms with Crippen LogP contribution in [0.25, 0.3) is 0 Å². The minimum atomic E-state index is -0.197. The first-order valence-corrected chi connectivity index (χ1v) is 4.73. The number of nitrogens with one attached hydrogen (secondary N) is 1. The summed E-state index contributed by atoms with van der Waals surface area (Å²) in [6.45, 7) is 2.53. The van der Waals surface area contributed by atoms with Crippen LogP contribution in [-0.2, 0) is 9.59 Å². The fourth-order valence-electron chi connectivity index (χ4n) is 0.814. The van der Waals surface area contributed by atoms with Gasteiger partial charge in [0.1, 0.15) is 0 Å². The highest BCUT2D eigenvalue weighted by molar-refractivity contribution is 5.84. The summed E-state index contributed by atoms with van der Waals surface area (Å²) in [6, 6.07) is 0. The molecule has 0 fully saturated rings. The molecule has 0 aliphatic heterocycles. The Labute approximate surface area is 84.1 Å². The van der Waals surface area contributed by atoms with Gasteiger partial charge in [-0.2, -0.15) is 0 Å². The average Bonchev–Trinajstić information content (AvgIpc) is 2.21. The molecule has 0 aromatic heterocycles. The van der Waals surface area contributed by atoms with Gasteiger partial charge in [-0.3, -0.25) is 9.59 Å². The Morgan fingerprint density at radius 2 is 2.07 bits per heavy atom. The number of nitrogens with zero attached hydrogens (tertiary/aromatic N) is 1. The van der Waals surface area contributed by atoms with Crippen LogP contribution in [0.3, 0.4) is 0 Å². The first kappa shape index (κ1) is 12.9. The lowest BCUT2D eigenvalue weighted by molar-refractivity contribution is -0.131. The third kappa shape index (κ3) is 5.53. The maximum atomic E-state index is 11.2. The molecule has 0 aromatic rings.